The highest BCUT2D eigenvalue weighted by molar-refractivity contribution is 6.35. The van der Waals surface area contributed by atoms with Crippen molar-refractivity contribution in [2.45, 2.75) is 12.5 Å². The molecule has 0 aromatic heterocycles. The maximum Gasteiger partial charge on any atom is 0.507 e. The normalized spacial score (nSPS) is 9.91. The fourth-order valence-corrected chi connectivity index (χ4v) is 1.70. The molecule has 11 heavy (non-hydrogen) atoms. The Labute approximate surface area is 69.2 Å². The van der Waals surface area contributed by atoms with Crippen LogP contribution >= 0.6 is 0 Å². The first-order chi connectivity index (χ1) is 5.31. The number of ether oxygens (including phenoxy) is 2. The highest BCUT2D eigenvalue weighted by Gasteiger charge is 1.97. The molecule has 64 valence electrons. The lowest BCUT2D eigenvalue weighted by Gasteiger charge is -2.00. The van der Waals surface area contributed by atoms with Crippen molar-refractivity contribution in [3.8, 4) is 0 Å². The van der Waals surface area contributed by atoms with Crippen LogP contribution in [0.15, 0.2) is 12.7 Å². The second-order valence-corrected chi connectivity index (χ2v) is 3.91. The van der Waals surface area contributed by atoms with Gasteiger partial charge in [0.1, 0.15) is 0 Å². The number of rotatable bonds is 5. The first-order valence-corrected chi connectivity index (χ1v) is 5.63. The van der Waals surface area contributed by atoms with E-state index in [0.717, 1.165) is 12.5 Å². The zero-order valence-corrected chi connectivity index (χ0v) is 8.25. The summed E-state index contributed by atoms with van der Waals surface area (Å²) >= 11 is 0. The van der Waals surface area contributed by atoms with Crippen LogP contribution in [0.3, 0.4) is 0 Å². The summed E-state index contributed by atoms with van der Waals surface area (Å²) in [6, 6.07) is 1.14. The number of methoxy groups -OCH3 is 1. The molecule has 0 aliphatic carbocycles. The fraction of sp³-hybridized carbons (Fsp3) is 0.571. The summed E-state index contributed by atoms with van der Waals surface area (Å²) in [4.78, 5) is 10.4. The number of carbonyl (C=O) groups excluding carboxylic acids is 1. The third-order valence-electron chi connectivity index (χ3n) is 1.19. The molecule has 0 saturated heterocycles. The Balaban J connectivity index is 3.01. The number of hydrogen-bond acceptors (Lipinski definition) is 3. The molecule has 0 amide bonds. The SMILES string of the molecule is C=CCC[SiH2]COC(=O)OC. The molecule has 4 heteroatoms. The van der Waals surface area contributed by atoms with Crippen LogP contribution in [-0.2, 0) is 9.47 Å². The molecule has 0 aliphatic heterocycles. The minimum Gasteiger partial charge on any atom is -0.439 e. The molecule has 0 rings (SSSR count). The monoisotopic (exact) mass is 174 g/mol. The van der Waals surface area contributed by atoms with Gasteiger partial charge in [0.05, 0.1) is 22.9 Å². The Bertz CT molecular complexity index is 125. The summed E-state index contributed by atoms with van der Waals surface area (Å²) in [7, 11) is 1.07. The summed E-state index contributed by atoms with van der Waals surface area (Å²) in [5, 5.41) is 0. The van der Waals surface area contributed by atoms with E-state index >= 15 is 0 Å². The second-order valence-electron chi connectivity index (χ2n) is 2.09. The Morgan fingerprint density at radius 1 is 1.73 bits per heavy atom. The molecule has 0 unspecified atom stereocenters. The quantitative estimate of drug-likeness (QED) is 0.269. The second kappa shape index (κ2) is 7.34. The lowest BCUT2D eigenvalue weighted by molar-refractivity contribution is 0.0862. The first kappa shape index (κ1) is 10.2. The summed E-state index contributed by atoms with van der Waals surface area (Å²) in [5.74, 6) is 0. The van der Waals surface area contributed by atoms with E-state index in [4.69, 9.17) is 4.74 Å². The molecule has 0 spiro atoms. The van der Waals surface area contributed by atoms with Crippen LogP contribution in [0.5, 0.6) is 0 Å². The van der Waals surface area contributed by atoms with E-state index in [1.807, 2.05) is 6.08 Å². The van der Waals surface area contributed by atoms with Crippen molar-refractivity contribution in [3.63, 3.8) is 0 Å². The summed E-state index contributed by atoms with van der Waals surface area (Å²) in [6.45, 7) is 3.60. The van der Waals surface area contributed by atoms with Gasteiger partial charge in [-0.15, -0.1) is 6.58 Å². The molecule has 0 saturated carbocycles. The topological polar surface area (TPSA) is 35.5 Å². The summed E-state index contributed by atoms with van der Waals surface area (Å²) < 4.78 is 9.00. The van der Waals surface area contributed by atoms with Gasteiger partial charge in [-0.3, -0.25) is 0 Å². The van der Waals surface area contributed by atoms with Gasteiger partial charge in [0, 0.05) is 0 Å². The van der Waals surface area contributed by atoms with Gasteiger partial charge < -0.3 is 9.47 Å². The number of carbonyl (C=O) groups is 1. The van der Waals surface area contributed by atoms with Crippen LogP contribution in [0.4, 0.5) is 4.79 Å². The minimum atomic E-state index is -0.573. The molecule has 0 aliphatic rings. The van der Waals surface area contributed by atoms with Gasteiger partial charge in [0.15, 0.2) is 0 Å². The molecular formula is C7H14O3Si. The molecule has 3 nitrogen and oxygen atoms in total. The van der Waals surface area contributed by atoms with Crippen LogP contribution in [0.25, 0.3) is 0 Å². The maximum atomic E-state index is 10.4. The Kier molecular flexibility index (Phi) is 6.82. The standard InChI is InChI=1S/C7H14O3Si/c1-3-4-5-11-6-10-7(8)9-2/h3H,1,4-6,11H2,2H3. The smallest absolute Gasteiger partial charge is 0.439 e. The van der Waals surface area contributed by atoms with Crippen molar-refractivity contribution in [2.24, 2.45) is 0 Å². The van der Waals surface area contributed by atoms with Crippen LogP contribution < -0.4 is 0 Å². The molecule has 0 radical (unpaired) electrons. The minimum absolute atomic E-state index is 0.246. The molecule has 0 N–H and O–H groups in total. The van der Waals surface area contributed by atoms with Crippen LogP contribution in [0.1, 0.15) is 6.42 Å². The zero-order valence-electron chi connectivity index (χ0n) is 6.84. The third-order valence-corrected chi connectivity index (χ3v) is 2.59. The molecule has 0 bridgehead atoms. The van der Waals surface area contributed by atoms with Crippen molar-refractivity contribution in [1.82, 2.24) is 0 Å². The number of allylic oxidation sites excluding steroid dienone is 1. The Hall–Kier alpha value is -0.773. The van der Waals surface area contributed by atoms with E-state index in [0.29, 0.717) is 6.23 Å². The average Bonchev–Trinajstić information content (AvgIpc) is 2.04. The Morgan fingerprint density at radius 2 is 2.45 bits per heavy atom. The van der Waals surface area contributed by atoms with Gasteiger partial charge in [-0.1, -0.05) is 12.1 Å². The van der Waals surface area contributed by atoms with Gasteiger partial charge in [0.25, 0.3) is 0 Å². The van der Waals surface area contributed by atoms with Gasteiger partial charge in [-0.2, -0.15) is 0 Å². The van der Waals surface area contributed by atoms with E-state index < -0.39 is 6.16 Å². The van der Waals surface area contributed by atoms with E-state index in [-0.39, 0.29) is 9.52 Å². The summed E-state index contributed by atoms with van der Waals surface area (Å²) in [6.07, 6.45) is 2.90. The lowest BCUT2D eigenvalue weighted by atomic mass is 10.5. The van der Waals surface area contributed by atoms with Crippen molar-refractivity contribution in [3.05, 3.63) is 12.7 Å². The molecule has 0 atom stereocenters. The van der Waals surface area contributed by atoms with Crippen molar-refractivity contribution in [2.75, 3.05) is 13.3 Å². The van der Waals surface area contributed by atoms with Gasteiger partial charge in [-0.25, -0.2) is 4.79 Å². The van der Waals surface area contributed by atoms with Crippen molar-refractivity contribution < 1.29 is 14.3 Å². The highest BCUT2D eigenvalue weighted by Crippen LogP contribution is 1.89. The molecule has 0 heterocycles. The van der Waals surface area contributed by atoms with Crippen LogP contribution in [0.2, 0.25) is 6.04 Å². The van der Waals surface area contributed by atoms with E-state index in [2.05, 4.69) is 11.3 Å². The molecule has 0 fully saturated rings. The van der Waals surface area contributed by atoms with Crippen LogP contribution in [-0.4, -0.2) is 29.0 Å². The molecule has 0 aromatic rings. The molecular weight excluding hydrogens is 160 g/mol. The zero-order chi connectivity index (χ0) is 8.53. The third kappa shape index (κ3) is 7.12. The first-order valence-electron chi connectivity index (χ1n) is 3.63. The Morgan fingerprint density at radius 3 is 3.00 bits per heavy atom. The van der Waals surface area contributed by atoms with E-state index in [1.165, 1.54) is 7.11 Å². The van der Waals surface area contributed by atoms with Gasteiger partial charge in [0.2, 0.25) is 0 Å². The fourth-order valence-electron chi connectivity index (χ4n) is 0.605. The van der Waals surface area contributed by atoms with Crippen LogP contribution in [0, 0.1) is 0 Å². The van der Waals surface area contributed by atoms with E-state index in [1.54, 1.807) is 0 Å². The van der Waals surface area contributed by atoms with Gasteiger partial charge in [-0.05, 0) is 6.42 Å². The van der Waals surface area contributed by atoms with E-state index in [9.17, 15) is 4.79 Å². The van der Waals surface area contributed by atoms with Crippen molar-refractivity contribution in [1.29, 1.82) is 0 Å². The predicted octanol–water partition coefficient (Wildman–Crippen LogP) is 0.890. The maximum absolute atomic E-state index is 10.4. The lowest BCUT2D eigenvalue weighted by Crippen LogP contribution is -2.10. The average molecular weight is 174 g/mol. The summed E-state index contributed by atoms with van der Waals surface area (Å²) in [5.41, 5.74) is 0. The highest BCUT2D eigenvalue weighted by atomic mass is 28.2. The van der Waals surface area contributed by atoms with Crippen molar-refractivity contribution >= 4 is 15.7 Å². The largest absolute Gasteiger partial charge is 0.507 e. The molecule has 0 aromatic carbocycles. The predicted molar refractivity (Wildman–Crippen MR) is 46.5 cm³/mol. The van der Waals surface area contributed by atoms with Gasteiger partial charge >= 0.3 is 6.16 Å². The number of hydrogen-bond donors (Lipinski definition) is 0.